The Morgan fingerprint density at radius 2 is 2.36 bits per heavy atom. The molecule has 0 bridgehead atoms. The molecule has 0 aromatic rings. The van der Waals surface area contributed by atoms with E-state index in [4.69, 9.17) is 0 Å². The molecule has 0 unspecified atom stereocenters. The molecule has 1 heterocycles. The monoisotopic (exact) mass is 149 g/mol. The van der Waals surface area contributed by atoms with Gasteiger partial charge in [-0.2, -0.15) is 0 Å². The molecule has 11 heavy (non-hydrogen) atoms. The molecule has 0 aliphatic carbocycles. The molecule has 1 rings (SSSR count). The summed E-state index contributed by atoms with van der Waals surface area (Å²) in [4.78, 5) is 12.4. The van der Waals surface area contributed by atoms with E-state index in [2.05, 4.69) is 0 Å². The van der Waals surface area contributed by atoms with Crippen LogP contribution in [-0.2, 0) is 4.79 Å². The molecule has 0 saturated carbocycles. The maximum atomic E-state index is 10.4. The zero-order chi connectivity index (χ0) is 7.56. The van der Waals surface area contributed by atoms with Crippen molar-refractivity contribution in [2.24, 2.45) is 0 Å². The second-order valence-electron chi connectivity index (χ2n) is 2.61. The van der Waals surface area contributed by atoms with Crippen molar-refractivity contribution in [1.29, 1.82) is 0 Å². The zero-order valence-electron chi connectivity index (χ0n) is 7.17. The fourth-order valence-corrected chi connectivity index (χ4v) is 1.47. The molecule has 1 saturated heterocycles. The van der Waals surface area contributed by atoms with Crippen molar-refractivity contribution in [3.8, 4) is 0 Å². The van der Waals surface area contributed by atoms with Gasteiger partial charge in [0.1, 0.15) is 0 Å². The smallest absolute Gasteiger partial charge is 0.548 e. The molecule has 3 nitrogen and oxygen atoms in total. The number of hydrogen-bond donors (Lipinski definition) is 0. The number of hydrogen-bond acceptors (Lipinski definition) is 3. The van der Waals surface area contributed by atoms with E-state index in [1.54, 1.807) is 0 Å². The number of carbonyl (C=O) groups excluding carboxylic acids is 1. The molecule has 0 aromatic carbocycles. The molecule has 1 fully saturated rings. The molecule has 4 heteroatoms. The number of likely N-dealkylation sites (N-methyl/N-ethyl adjacent to an activating group) is 1. The summed E-state index contributed by atoms with van der Waals surface area (Å²) in [5, 5.41) is 10.4. The molecule has 0 aromatic heterocycles. The van der Waals surface area contributed by atoms with E-state index in [9.17, 15) is 9.90 Å². The van der Waals surface area contributed by atoms with Crippen LogP contribution in [0.2, 0.25) is 0 Å². The van der Waals surface area contributed by atoms with Crippen molar-refractivity contribution in [3.05, 3.63) is 0 Å². The van der Waals surface area contributed by atoms with Crippen LogP contribution in [-0.4, -0.2) is 30.0 Å². The van der Waals surface area contributed by atoms with Crippen molar-refractivity contribution in [1.82, 2.24) is 4.90 Å². The Morgan fingerprint density at radius 1 is 1.73 bits per heavy atom. The van der Waals surface area contributed by atoms with Crippen LogP contribution in [0.25, 0.3) is 0 Å². The zero-order valence-corrected chi connectivity index (χ0v) is 7.17. The molecule has 58 valence electrons. The maximum absolute atomic E-state index is 10.4. The number of aliphatic carboxylic acids is 1. The molecular formula is C7H12LiNO2. The largest absolute Gasteiger partial charge is 1.00 e. The number of carbonyl (C=O) groups is 1. The first-order valence-electron chi connectivity index (χ1n) is 3.70. The van der Waals surface area contributed by atoms with E-state index in [1.165, 1.54) is 0 Å². The van der Waals surface area contributed by atoms with E-state index < -0.39 is 5.97 Å². The van der Waals surface area contributed by atoms with Crippen LogP contribution in [0.4, 0.5) is 0 Å². The van der Waals surface area contributed by atoms with Gasteiger partial charge in [0.15, 0.2) is 0 Å². The van der Waals surface area contributed by atoms with E-state index >= 15 is 0 Å². The first kappa shape index (κ1) is 11.0. The predicted molar refractivity (Wildman–Crippen MR) is 35.3 cm³/mol. The minimum absolute atomic E-state index is 0. The third-order valence-corrected chi connectivity index (χ3v) is 2.04. The first-order chi connectivity index (χ1) is 4.75. The fraction of sp³-hybridized carbons (Fsp3) is 0.857. The van der Waals surface area contributed by atoms with Crippen molar-refractivity contribution in [2.45, 2.75) is 25.8 Å². The van der Waals surface area contributed by atoms with Crippen molar-refractivity contribution < 1.29 is 28.8 Å². The second kappa shape index (κ2) is 4.82. The Morgan fingerprint density at radius 3 is 2.73 bits per heavy atom. The van der Waals surface area contributed by atoms with Crippen LogP contribution in [0.5, 0.6) is 0 Å². The molecule has 1 aliphatic rings. The van der Waals surface area contributed by atoms with Crippen LogP contribution in [0, 0.1) is 0 Å². The van der Waals surface area contributed by atoms with Gasteiger partial charge in [-0.05, 0) is 25.9 Å². The molecule has 1 aliphatic heterocycles. The Labute approximate surface area is 78.9 Å². The van der Waals surface area contributed by atoms with Gasteiger partial charge in [-0.1, -0.05) is 6.92 Å². The number of carboxylic acid groups (broad SMARTS) is 1. The number of nitrogens with zero attached hydrogens (tertiary/aromatic N) is 1. The van der Waals surface area contributed by atoms with Crippen LogP contribution in [0.3, 0.4) is 0 Å². The average molecular weight is 149 g/mol. The van der Waals surface area contributed by atoms with Crippen molar-refractivity contribution in [2.75, 3.05) is 13.1 Å². The first-order valence-corrected chi connectivity index (χ1v) is 3.70. The molecular weight excluding hydrogens is 137 g/mol. The Balaban J connectivity index is 0.000001000. The maximum Gasteiger partial charge on any atom is 1.00 e. The Hall–Kier alpha value is 0.0274. The number of rotatable bonds is 2. The minimum atomic E-state index is -0.917. The normalized spacial score (nSPS) is 24.6. The van der Waals surface area contributed by atoms with Gasteiger partial charge in [0.2, 0.25) is 0 Å². The summed E-state index contributed by atoms with van der Waals surface area (Å²) in [6.45, 7) is 3.70. The SMILES string of the molecule is CCN1CCC[C@H]1C(=O)[O-].[Li+]. The topological polar surface area (TPSA) is 43.4 Å². The second-order valence-corrected chi connectivity index (χ2v) is 2.61. The van der Waals surface area contributed by atoms with E-state index in [1.807, 2.05) is 11.8 Å². The summed E-state index contributed by atoms with van der Waals surface area (Å²) in [6.07, 6.45) is 1.75. The summed E-state index contributed by atoms with van der Waals surface area (Å²) >= 11 is 0. The molecule has 0 amide bonds. The van der Waals surface area contributed by atoms with Crippen LogP contribution >= 0.6 is 0 Å². The van der Waals surface area contributed by atoms with Gasteiger partial charge in [0, 0.05) is 6.04 Å². The van der Waals surface area contributed by atoms with E-state index in [0.717, 1.165) is 25.9 Å². The molecule has 0 N–H and O–H groups in total. The summed E-state index contributed by atoms with van der Waals surface area (Å²) in [7, 11) is 0. The minimum Gasteiger partial charge on any atom is -0.548 e. The summed E-state index contributed by atoms with van der Waals surface area (Å²) in [6, 6.07) is -0.315. The van der Waals surface area contributed by atoms with Gasteiger partial charge in [0.05, 0.1) is 5.97 Å². The van der Waals surface area contributed by atoms with Gasteiger partial charge in [-0.15, -0.1) is 0 Å². The molecule has 0 radical (unpaired) electrons. The third kappa shape index (κ3) is 2.52. The predicted octanol–water partition coefficient (Wildman–Crippen LogP) is -3.78. The van der Waals surface area contributed by atoms with Crippen LogP contribution in [0.1, 0.15) is 19.8 Å². The summed E-state index contributed by atoms with van der Waals surface area (Å²) in [5.74, 6) is -0.917. The summed E-state index contributed by atoms with van der Waals surface area (Å²) < 4.78 is 0. The Kier molecular flexibility index (Phi) is 4.83. The standard InChI is InChI=1S/C7H13NO2.Li/c1-2-8-5-3-4-6(8)7(9)10;/h6H,2-5H2,1H3,(H,9,10);/q;+1/p-1/t6-;/m0./s1. The van der Waals surface area contributed by atoms with Gasteiger partial charge in [-0.25, -0.2) is 0 Å². The van der Waals surface area contributed by atoms with Crippen LogP contribution in [0.15, 0.2) is 0 Å². The average Bonchev–Trinajstić information content (AvgIpc) is 2.33. The summed E-state index contributed by atoms with van der Waals surface area (Å²) in [5.41, 5.74) is 0. The van der Waals surface area contributed by atoms with E-state index in [0.29, 0.717) is 0 Å². The van der Waals surface area contributed by atoms with Gasteiger partial charge < -0.3 is 9.90 Å². The third-order valence-electron chi connectivity index (χ3n) is 2.04. The Bertz CT molecular complexity index is 140. The molecule has 0 spiro atoms. The molecule has 1 atom stereocenters. The number of likely N-dealkylation sites (tertiary alicyclic amines) is 1. The number of carboxylic acids is 1. The fourth-order valence-electron chi connectivity index (χ4n) is 1.47. The van der Waals surface area contributed by atoms with Crippen molar-refractivity contribution >= 4 is 5.97 Å². The quantitative estimate of drug-likeness (QED) is 0.378. The van der Waals surface area contributed by atoms with Crippen molar-refractivity contribution in [3.63, 3.8) is 0 Å². The van der Waals surface area contributed by atoms with Gasteiger partial charge in [0.25, 0.3) is 0 Å². The van der Waals surface area contributed by atoms with Crippen LogP contribution < -0.4 is 24.0 Å². The van der Waals surface area contributed by atoms with Gasteiger partial charge in [-0.3, -0.25) is 4.90 Å². The van der Waals surface area contributed by atoms with E-state index in [-0.39, 0.29) is 24.9 Å². The van der Waals surface area contributed by atoms with Gasteiger partial charge >= 0.3 is 18.9 Å².